The van der Waals surface area contributed by atoms with Crippen LogP contribution in [-0.4, -0.2) is 40.3 Å². The van der Waals surface area contributed by atoms with Crippen molar-refractivity contribution in [3.05, 3.63) is 62.3 Å². The molecule has 192 valence electrons. The van der Waals surface area contributed by atoms with Crippen molar-refractivity contribution in [3.63, 3.8) is 0 Å². The Hall–Kier alpha value is -3.48. The Kier molecular flexibility index (Phi) is 5.39. The monoisotopic (exact) mass is 512 g/mol. The van der Waals surface area contributed by atoms with Gasteiger partial charge in [0.15, 0.2) is 18.0 Å². The van der Waals surface area contributed by atoms with Gasteiger partial charge in [0, 0.05) is 43.3 Å². The van der Waals surface area contributed by atoms with Crippen LogP contribution in [0.1, 0.15) is 30.5 Å². The van der Waals surface area contributed by atoms with Crippen molar-refractivity contribution in [3.8, 4) is 5.75 Å². The molecule has 2 aliphatic heterocycles. The van der Waals surface area contributed by atoms with Gasteiger partial charge >= 0.3 is 12.1 Å². The topological polar surface area (TPSA) is 87.4 Å². The number of hydrogen-bond donors (Lipinski definition) is 1. The van der Waals surface area contributed by atoms with Gasteiger partial charge in [0.1, 0.15) is 5.75 Å². The standard InChI is InChI=1S/C23H21F5N4O4/c1-12(13-4-3-5-16-18(13)36-11-22(16,24)25)29-19-15-9-32(21(23(26,27)28)6-7-35-10-21)17(33)8-14(15)20(34)31(2)30-19/h3-5,8-9,12H,6-7,10-11H2,1-2H3,(H,29,30)/t12-,21-/m1/s1. The minimum absolute atomic E-state index is 0.00710. The zero-order valence-electron chi connectivity index (χ0n) is 19.2. The quantitative estimate of drug-likeness (QED) is 0.540. The summed E-state index contributed by atoms with van der Waals surface area (Å²) in [7, 11) is 1.33. The molecule has 2 atom stereocenters. The lowest BCUT2D eigenvalue weighted by Crippen LogP contribution is -2.52. The summed E-state index contributed by atoms with van der Waals surface area (Å²) in [5.74, 6) is -3.16. The number of halogens is 5. The van der Waals surface area contributed by atoms with Gasteiger partial charge in [-0.3, -0.25) is 14.2 Å². The second-order valence-corrected chi connectivity index (χ2v) is 9.00. The highest BCUT2D eigenvalue weighted by molar-refractivity contribution is 5.90. The Bertz CT molecular complexity index is 1470. The van der Waals surface area contributed by atoms with Crippen LogP contribution in [-0.2, 0) is 23.2 Å². The number of aromatic nitrogens is 3. The van der Waals surface area contributed by atoms with Crippen LogP contribution in [0.5, 0.6) is 5.75 Å². The summed E-state index contributed by atoms with van der Waals surface area (Å²) in [6.45, 7) is -0.112. The number of pyridine rings is 1. The lowest BCUT2D eigenvalue weighted by molar-refractivity contribution is -0.214. The van der Waals surface area contributed by atoms with E-state index in [1.54, 1.807) is 13.0 Å². The van der Waals surface area contributed by atoms with Crippen LogP contribution in [0.3, 0.4) is 0 Å². The van der Waals surface area contributed by atoms with E-state index in [2.05, 4.69) is 10.4 Å². The number of fused-ring (bicyclic) bond motifs is 2. The summed E-state index contributed by atoms with van der Waals surface area (Å²) >= 11 is 0. The van der Waals surface area contributed by atoms with E-state index in [0.29, 0.717) is 10.1 Å². The smallest absolute Gasteiger partial charge is 0.414 e. The molecule has 4 heterocycles. The molecule has 0 unspecified atom stereocenters. The van der Waals surface area contributed by atoms with Crippen molar-refractivity contribution in [1.29, 1.82) is 0 Å². The molecule has 0 amide bonds. The number of alkyl halides is 5. The average molecular weight is 512 g/mol. The van der Waals surface area contributed by atoms with Crippen LogP contribution in [0.2, 0.25) is 0 Å². The van der Waals surface area contributed by atoms with E-state index < -0.39 is 54.4 Å². The second kappa shape index (κ2) is 8.02. The third-order valence-corrected chi connectivity index (χ3v) is 6.73. The number of anilines is 1. The van der Waals surface area contributed by atoms with Crippen molar-refractivity contribution in [1.82, 2.24) is 14.3 Å². The maximum Gasteiger partial charge on any atom is 0.414 e. The molecule has 0 aliphatic carbocycles. The van der Waals surface area contributed by atoms with E-state index in [1.165, 1.54) is 19.2 Å². The number of nitrogens with one attached hydrogen (secondary N) is 1. The molecule has 0 saturated carbocycles. The first-order chi connectivity index (χ1) is 16.9. The number of aryl methyl sites for hydroxylation is 1. The van der Waals surface area contributed by atoms with E-state index in [-0.39, 0.29) is 34.5 Å². The molecule has 36 heavy (non-hydrogen) atoms. The summed E-state index contributed by atoms with van der Waals surface area (Å²) in [5, 5.41) is 6.97. The molecule has 2 aromatic heterocycles. The highest BCUT2D eigenvalue weighted by Gasteiger charge is 2.59. The molecule has 3 aromatic rings. The van der Waals surface area contributed by atoms with Crippen molar-refractivity contribution in [2.24, 2.45) is 7.05 Å². The van der Waals surface area contributed by atoms with Gasteiger partial charge in [0.25, 0.3) is 11.1 Å². The zero-order valence-corrected chi connectivity index (χ0v) is 19.2. The number of para-hydroxylation sites is 1. The van der Waals surface area contributed by atoms with Crippen molar-refractivity contribution >= 4 is 16.6 Å². The van der Waals surface area contributed by atoms with E-state index >= 15 is 0 Å². The minimum atomic E-state index is -4.80. The summed E-state index contributed by atoms with van der Waals surface area (Å²) in [6.07, 6.45) is -4.31. The average Bonchev–Trinajstić information content (AvgIpc) is 3.42. The predicted octanol–water partition coefficient (Wildman–Crippen LogP) is 3.43. The lowest BCUT2D eigenvalue weighted by atomic mass is 9.96. The third-order valence-electron chi connectivity index (χ3n) is 6.73. The van der Waals surface area contributed by atoms with Gasteiger partial charge in [-0.05, 0) is 13.0 Å². The maximum absolute atomic E-state index is 14.1. The molecule has 1 N–H and O–H groups in total. The maximum atomic E-state index is 14.1. The summed E-state index contributed by atoms with van der Waals surface area (Å²) in [4.78, 5) is 25.5. The Balaban J connectivity index is 1.65. The van der Waals surface area contributed by atoms with Gasteiger partial charge in [-0.25, -0.2) is 4.68 Å². The first-order valence-electron chi connectivity index (χ1n) is 11.0. The highest BCUT2D eigenvalue weighted by atomic mass is 19.4. The molecule has 8 nitrogen and oxygen atoms in total. The summed E-state index contributed by atoms with van der Waals surface area (Å²) < 4.78 is 82.4. The molecule has 1 saturated heterocycles. The molecule has 0 radical (unpaired) electrons. The van der Waals surface area contributed by atoms with E-state index in [4.69, 9.17) is 9.47 Å². The first-order valence-corrected chi connectivity index (χ1v) is 11.0. The van der Waals surface area contributed by atoms with Gasteiger partial charge in [0.2, 0.25) is 0 Å². The molecule has 13 heteroatoms. The SMILES string of the molecule is C[C@@H](Nc1nn(C)c(=O)c2cc(=O)n([C@]3(C(F)(F)F)CCOC3)cc12)c1cccc2c1OCC2(F)F. The summed E-state index contributed by atoms with van der Waals surface area (Å²) in [5.41, 5.74) is -4.18. The minimum Gasteiger partial charge on any atom is -0.486 e. The Labute approximate surface area is 200 Å². The number of ether oxygens (including phenoxy) is 2. The van der Waals surface area contributed by atoms with Crippen LogP contribution in [0.15, 0.2) is 40.1 Å². The van der Waals surface area contributed by atoms with E-state index in [0.717, 1.165) is 16.9 Å². The Morgan fingerprint density at radius 3 is 2.58 bits per heavy atom. The van der Waals surface area contributed by atoms with Crippen molar-refractivity contribution in [2.45, 2.75) is 37.0 Å². The zero-order chi connectivity index (χ0) is 26.0. The molecule has 1 fully saturated rings. The fourth-order valence-corrected chi connectivity index (χ4v) is 4.74. The van der Waals surface area contributed by atoms with E-state index in [1.807, 2.05) is 0 Å². The Morgan fingerprint density at radius 2 is 1.92 bits per heavy atom. The van der Waals surface area contributed by atoms with Gasteiger partial charge in [0.05, 0.1) is 23.6 Å². The first kappa shape index (κ1) is 24.2. The number of benzene rings is 1. The number of rotatable bonds is 4. The molecule has 0 bridgehead atoms. The van der Waals surface area contributed by atoms with Crippen molar-refractivity contribution in [2.75, 3.05) is 25.1 Å². The highest BCUT2D eigenvalue weighted by Crippen LogP contribution is 2.45. The van der Waals surface area contributed by atoms with Gasteiger partial charge < -0.3 is 14.8 Å². The molecule has 5 rings (SSSR count). The number of hydrogen-bond acceptors (Lipinski definition) is 6. The number of nitrogens with zero attached hydrogens (tertiary/aromatic N) is 3. The van der Waals surface area contributed by atoms with Gasteiger partial charge in [-0.15, -0.1) is 0 Å². The fourth-order valence-electron chi connectivity index (χ4n) is 4.74. The van der Waals surface area contributed by atoms with Gasteiger partial charge in [-0.1, -0.05) is 12.1 Å². The lowest BCUT2D eigenvalue weighted by Gasteiger charge is -2.32. The Morgan fingerprint density at radius 1 is 1.17 bits per heavy atom. The van der Waals surface area contributed by atoms with Gasteiger partial charge in [-0.2, -0.15) is 27.1 Å². The van der Waals surface area contributed by atoms with Crippen molar-refractivity contribution < 1.29 is 31.4 Å². The molecule has 1 aromatic carbocycles. The normalized spacial score (nSPS) is 21.9. The van der Waals surface area contributed by atoms with Crippen LogP contribution in [0.4, 0.5) is 27.8 Å². The van der Waals surface area contributed by atoms with Crippen LogP contribution in [0, 0.1) is 0 Å². The molecule has 0 spiro atoms. The predicted molar refractivity (Wildman–Crippen MR) is 119 cm³/mol. The fraction of sp³-hybridized carbons (Fsp3) is 0.435. The second-order valence-electron chi connectivity index (χ2n) is 9.00. The molecular formula is C23H21F5N4O4. The van der Waals surface area contributed by atoms with E-state index in [9.17, 15) is 31.5 Å². The third kappa shape index (κ3) is 3.55. The van der Waals surface area contributed by atoms with Crippen LogP contribution < -0.4 is 21.2 Å². The van der Waals surface area contributed by atoms with Crippen LogP contribution in [0.25, 0.3) is 10.8 Å². The van der Waals surface area contributed by atoms with Crippen LogP contribution >= 0.6 is 0 Å². The molecule has 2 aliphatic rings. The largest absolute Gasteiger partial charge is 0.486 e. The molecular weight excluding hydrogens is 491 g/mol. The summed E-state index contributed by atoms with van der Waals surface area (Å²) in [6, 6.07) is 4.44.